The van der Waals surface area contributed by atoms with Crippen molar-refractivity contribution < 1.29 is 9.47 Å². The van der Waals surface area contributed by atoms with Crippen LogP contribution in [-0.2, 0) is 13.2 Å². The number of anilines is 1. The monoisotopic (exact) mass is 437 g/mol. The van der Waals surface area contributed by atoms with Gasteiger partial charge in [-0.25, -0.2) is 0 Å². The summed E-state index contributed by atoms with van der Waals surface area (Å²) in [6.07, 6.45) is 0. The fraction of sp³-hybridized carbons (Fsp3) is 0.120. The normalized spacial score (nSPS) is 10.8. The van der Waals surface area contributed by atoms with Gasteiger partial charge in [-0.15, -0.1) is 0 Å². The molecule has 0 bridgehead atoms. The van der Waals surface area contributed by atoms with E-state index in [4.69, 9.17) is 32.7 Å². The lowest BCUT2D eigenvalue weighted by atomic mass is 10.1. The van der Waals surface area contributed by atoms with Gasteiger partial charge in [0.05, 0.1) is 17.8 Å². The maximum absolute atomic E-state index is 6.23. The van der Waals surface area contributed by atoms with Crippen LogP contribution in [0.1, 0.15) is 11.1 Å². The summed E-state index contributed by atoms with van der Waals surface area (Å²) in [5.41, 5.74) is 3.02. The molecule has 0 aliphatic heterocycles. The number of hydrogen-bond acceptors (Lipinski definition) is 3. The molecular formula is C25H21Cl2NO2. The lowest BCUT2D eigenvalue weighted by Crippen LogP contribution is -2.02. The summed E-state index contributed by atoms with van der Waals surface area (Å²) >= 11 is 12.2. The first-order valence-corrected chi connectivity index (χ1v) is 10.3. The Balaban J connectivity index is 1.47. The van der Waals surface area contributed by atoms with E-state index in [-0.39, 0.29) is 0 Å². The molecule has 5 heteroatoms. The van der Waals surface area contributed by atoms with Gasteiger partial charge < -0.3 is 14.8 Å². The highest BCUT2D eigenvalue weighted by molar-refractivity contribution is 6.36. The topological polar surface area (TPSA) is 30.5 Å². The van der Waals surface area contributed by atoms with Gasteiger partial charge in [0, 0.05) is 11.6 Å². The van der Waals surface area contributed by atoms with E-state index in [0.717, 1.165) is 16.8 Å². The van der Waals surface area contributed by atoms with Crippen LogP contribution in [0.15, 0.2) is 78.9 Å². The number of benzene rings is 4. The van der Waals surface area contributed by atoms with E-state index in [0.29, 0.717) is 34.7 Å². The molecule has 0 spiro atoms. The lowest BCUT2D eigenvalue weighted by molar-refractivity contribution is 0.285. The minimum absolute atomic E-state index is 0.468. The third kappa shape index (κ3) is 4.64. The molecule has 0 aromatic heterocycles. The summed E-state index contributed by atoms with van der Waals surface area (Å²) in [4.78, 5) is 0. The molecule has 0 radical (unpaired) electrons. The Bertz CT molecular complexity index is 1170. The molecular weight excluding hydrogens is 417 g/mol. The maximum Gasteiger partial charge on any atom is 0.161 e. The van der Waals surface area contributed by atoms with E-state index in [1.807, 2.05) is 36.4 Å². The fourth-order valence-corrected chi connectivity index (χ4v) is 3.82. The molecule has 3 nitrogen and oxygen atoms in total. The van der Waals surface area contributed by atoms with Gasteiger partial charge in [-0.2, -0.15) is 0 Å². The molecule has 0 unspecified atom stereocenters. The highest BCUT2D eigenvalue weighted by Crippen LogP contribution is 2.31. The zero-order valence-corrected chi connectivity index (χ0v) is 18.0. The van der Waals surface area contributed by atoms with Gasteiger partial charge in [0.15, 0.2) is 11.5 Å². The molecule has 4 aromatic rings. The first kappa shape index (κ1) is 20.4. The quantitative estimate of drug-likeness (QED) is 0.327. The third-order valence-corrected chi connectivity index (χ3v) is 5.45. The Hall–Kier alpha value is -2.88. The zero-order chi connectivity index (χ0) is 20.9. The Morgan fingerprint density at radius 2 is 1.67 bits per heavy atom. The predicted molar refractivity (Wildman–Crippen MR) is 125 cm³/mol. The maximum atomic E-state index is 6.23. The SMILES string of the molecule is COc1cc(CNc2ccc(Cl)cc2Cl)ccc1OCc1cccc2ccccc12. The van der Waals surface area contributed by atoms with E-state index in [1.54, 1.807) is 19.2 Å². The van der Waals surface area contributed by atoms with Gasteiger partial charge in [0.25, 0.3) is 0 Å². The molecule has 0 aliphatic carbocycles. The molecule has 1 N–H and O–H groups in total. The summed E-state index contributed by atoms with van der Waals surface area (Å²) in [5.74, 6) is 1.40. The first-order chi connectivity index (χ1) is 14.6. The summed E-state index contributed by atoms with van der Waals surface area (Å²) < 4.78 is 11.6. The van der Waals surface area contributed by atoms with Gasteiger partial charge in [-0.3, -0.25) is 0 Å². The van der Waals surface area contributed by atoms with Gasteiger partial charge in [-0.05, 0) is 52.2 Å². The highest BCUT2D eigenvalue weighted by atomic mass is 35.5. The summed E-state index contributed by atoms with van der Waals surface area (Å²) in [7, 11) is 1.65. The molecule has 0 fully saturated rings. The number of nitrogens with one attached hydrogen (secondary N) is 1. The molecule has 152 valence electrons. The molecule has 0 saturated carbocycles. The highest BCUT2D eigenvalue weighted by Gasteiger charge is 2.09. The summed E-state index contributed by atoms with van der Waals surface area (Å²) in [6.45, 7) is 1.07. The van der Waals surface area contributed by atoms with Crippen LogP contribution in [0.3, 0.4) is 0 Å². The van der Waals surface area contributed by atoms with Gasteiger partial charge in [-0.1, -0.05) is 71.7 Å². The van der Waals surface area contributed by atoms with E-state index < -0.39 is 0 Å². The minimum atomic E-state index is 0.468. The molecule has 0 aliphatic rings. The van der Waals surface area contributed by atoms with Crippen LogP contribution in [-0.4, -0.2) is 7.11 Å². The third-order valence-electron chi connectivity index (χ3n) is 4.91. The Labute approximate surface area is 186 Å². The zero-order valence-electron chi connectivity index (χ0n) is 16.5. The van der Waals surface area contributed by atoms with E-state index in [1.165, 1.54) is 10.8 Å². The number of fused-ring (bicyclic) bond motifs is 1. The molecule has 0 saturated heterocycles. The van der Waals surface area contributed by atoms with E-state index in [9.17, 15) is 0 Å². The Morgan fingerprint density at radius 1 is 0.833 bits per heavy atom. The summed E-state index contributed by atoms with van der Waals surface area (Å²) in [6, 6.07) is 25.8. The second-order valence-electron chi connectivity index (χ2n) is 6.89. The van der Waals surface area contributed by atoms with Crippen LogP contribution in [0.25, 0.3) is 10.8 Å². The molecule has 4 aromatic carbocycles. The van der Waals surface area contributed by atoms with Crippen LogP contribution in [0.5, 0.6) is 11.5 Å². The Kier molecular flexibility index (Phi) is 6.32. The molecule has 4 rings (SSSR count). The average Bonchev–Trinajstić information content (AvgIpc) is 2.77. The van der Waals surface area contributed by atoms with Crippen LogP contribution < -0.4 is 14.8 Å². The van der Waals surface area contributed by atoms with E-state index in [2.05, 4.69) is 35.6 Å². The van der Waals surface area contributed by atoms with Crippen molar-refractivity contribution >= 4 is 39.7 Å². The van der Waals surface area contributed by atoms with Crippen molar-refractivity contribution in [1.82, 2.24) is 0 Å². The molecule has 0 heterocycles. The molecule has 0 amide bonds. The van der Waals surface area contributed by atoms with Crippen molar-refractivity contribution in [3.63, 3.8) is 0 Å². The lowest BCUT2D eigenvalue weighted by Gasteiger charge is -2.14. The van der Waals surface area contributed by atoms with Crippen LogP contribution in [0.2, 0.25) is 10.0 Å². The van der Waals surface area contributed by atoms with Crippen molar-refractivity contribution in [1.29, 1.82) is 0 Å². The average molecular weight is 438 g/mol. The van der Waals surface area contributed by atoms with Crippen molar-refractivity contribution in [2.75, 3.05) is 12.4 Å². The predicted octanol–water partition coefficient (Wildman–Crippen LogP) is 7.35. The van der Waals surface area contributed by atoms with Crippen molar-refractivity contribution in [2.45, 2.75) is 13.2 Å². The van der Waals surface area contributed by atoms with Crippen molar-refractivity contribution in [3.05, 3.63) is 100 Å². The first-order valence-electron chi connectivity index (χ1n) is 9.59. The number of hydrogen-bond donors (Lipinski definition) is 1. The molecule has 30 heavy (non-hydrogen) atoms. The smallest absolute Gasteiger partial charge is 0.161 e. The number of methoxy groups -OCH3 is 1. The fourth-order valence-electron chi connectivity index (χ4n) is 3.35. The second kappa shape index (κ2) is 9.29. The van der Waals surface area contributed by atoms with Crippen LogP contribution >= 0.6 is 23.2 Å². The van der Waals surface area contributed by atoms with Crippen molar-refractivity contribution in [2.24, 2.45) is 0 Å². The Morgan fingerprint density at radius 3 is 2.50 bits per heavy atom. The number of rotatable bonds is 7. The number of ether oxygens (including phenoxy) is 2. The van der Waals surface area contributed by atoms with Crippen molar-refractivity contribution in [3.8, 4) is 11.5 Å². The largest absolute Gasteiger partial charge is 0.493 e. The van der Waals surface area contributed by atoms with Gasteiger partial charge in [0.1, 0.15) is 6.61 Å². The van der Waals surface area contributed by atoms with Gasteiger partial charge in [0.2, 0.25) is 0 Å². The minimum Gasteiger partial charge on any atom is -0.493 e. The van der Waals surface area contributed by atoms with Crippen LogP contribution in [0.4, 0.5) is 5.69 Å². The summed E-state index contributed by atoms with van der Waals surface area (Å²) in [5, 5.41) is 6.91. The van der Waals surface area contributed by atoms with Crippen LogP contribution in [0, 0.1) is 0 Å². The molecule has 0 atom stereocenters. The number of halogens is 2. The van der Waals surface area contributed by atoms with E-state index >= 15 is 0 Å². The second-order valence-corrected chi connectivity index (χ2v) is 7.73. The standard InChI is InChI=1S/C25H21Cl2NO2/c1-29-25-13-17(15-28-23-11-10-20(26)14-22(23)27)9-12-24(25)30-16-19-7-4-6-18-5-2-3-8-21(18)19/h2-14,28H,15-16H2,1H3. The van der Waals surface area contributed by atoms with Gasteiger partial charge >= 0.3 is 0 Å².